The molecule has 0 saturated carbocycles. The Balaban J connectivity index is 1.40. The zero-order valence-electron chi connectivity index (χ0n) is 20.5. The summed E-state index contributed by atoms with van der Waals surface area (Å²) in [6.07, 6.45) is 2.41. The number of ether oxygens (including phenoxy) is 3. The minimum atomic E-state index is -1.43. The third kappa shape index (κ3) is 6.19. The van der Waals surface area contributed by atoms with E-state index in [1.165, 1.54) is 0 Å². The highest BCUT2D eigenvalue weighted by Crippen LogP contribution is 2.34. The molecule has 1 aliphatic heterocycles. The molecule has 9 nitrogen and oxygen atoms in total. The number of pyridine rings is 1. The molecule has 1 aromatic heterocycles. The van der Waals surface area contributed by atoms with Gasteiger partial charge in [0.2, 0.25) is 5.43 Å². The van der Waals surface area contributed by atoms with Crippen LogP contribution in [-0.2, 0) is 15.9 Å². The Bertz CT molecular complexity index is 841. The van der Waals surface area contributed by atoms with Gasteiger partial charge in [0.15, 0.2) is 12.0 Å². The molecule has 1 saturated heterocycles. The minimum Gasteiger partial charge on any atom is -0.491 e. The zero-order valence-corrected chi connectivity index (χ0v) is 20.5. The number of unbranched alkanes of at least 4 members (excludes halogenated alkanes) is 3. The molecule has 0 bridgehead atoms. The van der Waals surface area contributed by atoms with Gasteiger partial charge in [-0.3, -0.25) is 4.79 Å². The highest BCUT2D eigenvalue weighted by molar-refractivity contribution is 5.38. The lowest BCUT2D eigenvalue weighted by Gasteiger charge is -2.40. The molecule has 0 spiro atoms. The number of aliphatic hydroxyl groups excluding tert-OH is 4. The van der Waals surface area contributed by atoms with E-state index < -0.39 is 37.3 Å². The Morgan fingerprint density at radius 3 is 2.56 bits per heavy atom. The highest BCUT2D eigenvalue weighted by Gasteiger charge is 2.44. The number of nitrogens with one attached hydrogen (secondary N) is 1. The molecular weight excluding hydrogens is 442 g/mol. The third-order valence-electron chi connectivity index (χ3n) is 7.17. The fourth-order valence-electron chi connectivity index (χ4n) is 5.27. The van der Waals surface area contributed by atoms with E-state index in [9.17, 15) is 25.2 Å². The highest BCUT2D eigenvalue weighted by atomic mass is 16.7. The number of aliphatic hydroxyl groups is 4. The van der Waals surface area contributed by atoms with Crippen molar-refractivity contribution in [1.82, 2.24) is 4.98 Å². The fourth-order valence-corrected chi connectivity index (χ4v) is 5.27. The van der Waals surface area contributed by atoms with Gasteiger partial charge in [-0.1, -0.05) is 25.7 Å². The van der Waals surface area contributed by atoms with Gasteiger partial charge in [-0.25, -0.2) is 0 Å². The number of aromatic amines is 1. The quantitative estimate of drug-likeness (QED) is 0.299. The molecular formula is C25H41NO8. The molecule has 9 heteroatoms. The second kappa shape index (κ2) is 12.5. The Kier molecular flexibility index (Phi) is 9.94. The van der Waals surface area contributed by atoms with Crippen molar-refractivity contribution >= 4 is 0 Å². The summed E-state index contributed by atoms with van der Waals surface area (Å²) in [6.45, 7) is 3.29. The predicted octanol–water partition coefficient (Wildman–Crippen LogP) is 1.66. The second-order valence-electron chi connectivity index (χ2n) is 9.73. The number of aryl methyl sites for hydroxylation is 2. The lowest BCUT2D eigenvalue weighted by Crippen LogP contribution is -2.59. The lowest BCUT2D eigenvalue weighted by molar-refractivity contribution is -0.310. The summed E-state index contributed by atoms with van der Waals surface area (Å²) in [4.78, 5) is 16.3. The van der Waals surface area contributed by atoms with Crippen LogP contribution in [0.15, 0.2) is 4.79 Å². The molecule has 0 radical (unpaired) electrons. The van der Waals surface area contributed by atoms with Gasteiger partial charge in [-0.2, -0.15) is 0 Å². The molecule has 5 N–H and O–H groups in total. The topological polar surface area (TPSA) is 141 Å². The van der Waals surface area contributed by atoms with Gasteiger partial charge >= 0.3 is 0 Å². The van der Waals surface area contributed by atoms with Crippen LogP contribution in [-0.4, -0.2) is 75.9 Å². The normalized spacial score (nSPS) is 30.1. The standard InChI is InChI=1S/C25H41NO8/c1-14(33-25-23(31)22(30)20(28)18(13-27)34-25)9-6-4-5-7-10-16-11-8-12-17-19(16)21(29)24(32-3)15(2)26-17/h14,16,18,20,22-23,25,27-28,30-31H,4-13H2,1-3H3,(H,26,29)/t14-,16-,18+,20+,22-,23+,25+/m0/s1. The van der Waals surface area contributed by atoms with E-state index in [1.54, 1.807) is 7.11 Å². The maximum atomic E-state index is 12.9. The first-order chi connectivity index (χ1) is 16.3. The van der Waals surface area contributed by atoms with Crippen LogP contribution >= 0.6 is 0 Å². The van der Waals surface area contributed by atoms with Crippen LogP contribution in [0, 0.1) is 6.92 Å². The van der Waals surface area contributed by atoms with E-state index in [4.69, 9.17) is 14.2 Å². The number of H-pyrrole nitrogens is 1. The first kappa shape index (κ1) is 27.1. The van der Waals surface area contributed by atoms with Crippen molar-refractivity contribution in [2.75, 3.05) is 13.7 Å². The van der Waals surface area contributed by atoms with E-state index in [0.717, 1.165) is 74.7 Å². The average Bonchev–Trinajstić information content (AvgIpc) is 2.81. The van der Waals surface area contributed by atoms with Crippen LogP contribution < -0.4 is 10.2 Å². The average molecular weight is 484 g/mol. The van der Waals surface area contributed by atoms with Gasteiger partial charge in [0.25, 0.3) is 0 Å². The van der Waals surface area contributed by atoms with Crippen molar-refractivity contribution in [3.63, 3.8) is 0 Å². The molecule has 0 amide bonds. The van der Waals surface area contributed by atoms with Crippen LogP contribution in [0.5, 0.6) is 5.75 Å². The van der Waals surface area contributed by atoms with Crippen LogP contribution in [0.1, 0.15) is 81.2 Å². The molecule has 34 heavy (non-hydrogen) atoms. The SMILES string of the molecule is COc1c(C)[nH]c2c(c1=O)[C@@H](CCCCCC[C@H](C)O[C@@H]1O[C@H](CO)[C@@H](O)[C@H](O)[C@H]1O)CCC2. The maximum absolute atomic E-state index is 12.9. The summed E-state index contributed by atoms with van der Waals surface area (Å²) < 4.78 is 16.5. The molecule has 0 aromatic carbocycles. The van der Waals surface area contributed by atoms with Crippen molar-refractivity contribution in [3.8, 4) is 5.75 Å². The summed E-state index contributed by atoms with van der Waals surface area (Å²) in [6, 6.07) is 0. The van der Waals surface area contributed by atoms with Gasteiger partial charge in [-0.05, 0) is 51.9 Å². The Morgan fingerprint density at radius 1 is 1.12 bits per heavy atom. The first-order valence-corrected chi connectivity index (χ1v) is 12.5. The molecule has 7 atom stereocenters. The van der Waals surface area contributed by atoms with Gasteiger partial charge < -0.3 is 39.6 Å². The number of fused-ring (bicyclic) bond motifs is 1. The fraction of sp³-hybridized carbons (Fsp3) is 0.800. The first-order valence-electron chi connectivity index (χ1n) is 12.5. The van der Waals surface area contributed by atoms with Gasteiger partial charge in [-0.15, -0.1) is 0 Å². The van der Waals surface area contributed by atoms with Gasteiger partial charge in [0.1, 0.15) is 24.4 Å². The number of aromatic nitrogens is 1. The van der Waals surface area contributed by atoms with Gasteiger partial charge in [0.05, 0.1) is 25.5 Å². The molecule has 194 valence electrons. The van der Waals surface area contributed by atoms with Crippen LogP contribution in [0.3, 0.4) is 0 Å². The van der Waals surface area contributed by atoms with Crippen LogP contribution in [0.4, 0.5) is 0 Å². The van der Waals surface area contributed by atoms with Crippen molar-refractivity contribution in [2.24, 2.45) is 0 Å². The van der Waals surface area contributed by atoms with E-state index in [0.29, 0.717) is 5.75 Å². The number of methoxy groups -OCH3 is 1. The smallest absolute Gasteiger partial charge is 0.227 e. The number of hydrogen-bond acceptors (Lipinski definition) is 8. The lowest BCUT2D eigenvalue weighted by atomic mass is 9.81. The number of rotatable bonds is 11. The Hall–Kier alpha value is -1.49. The van der Waals surface area contributed by atoms with E-state index in [-0.39, 0.29) is 17.5 Å². The van der Waals surface area contributed by atoms with E-state index in [2.05, 4.69) is 4.98 Å². The summed E-state index contributed by atoms with van der Waals surface area (Å²) in [5, 5.41) is 39.1. The van der Waals surface area contributed by atoms with Crippen LogP contribution in [0.25, 0.3) is 0 Å². The summed E-state index contributed by atoms with van der Waals surface area (Å²) in [5.41, 5.74) is 2.82. The maximum Gasteiger partial charge on any atom is 0.227 e. The molecule has 2 heterocycles. The van der Waals surface area contributed by atoms with Gasteiger partial charge in [0, 0.05) is 11.3 Å². The second-order valence-corrected chi connectivity index (χ2v) is 9.73. The largest absolute Gasteiger partial charge is 0.491 e. The van der Waals surface area contributed by atoms with E-state index >= 15 is 0 Å². The molecule has 2 aliphatic rings. The summed E-state index contributed by atoms with van der Waals surface area (Å²) in [7, 11) is 1.55. The minimum absolute atomic E-state index is 0.0395. The monoisotopic (exact) mass is 483 g/mol. The zero-order chi connectivity index (χ0) is 24.8. The summed E-state index contributed by atoms with van der Waals surface area (Å²) in [5.74, 6) is 0.703. The summed E-state index contributed by atoms with van der Waals surface area (Å²) >= 11 is 0. The Morgan fingerprint density at radius 2 is 1.85 bits per heavy atom. The molecule has 0 unspecified atom stereocenters. The molecule has 3 rings (SSSR count). The van der Waals surface area contributed by atoms with Crippen molar-refractivity contribution in [2.45, 2.75) is 114 Å². The van der Waals surface area contributed by atoms with Crippen molar-refractivity contribution in [1.29, 1.82) is 0 Å². The molecule has 1 fully saturated rings. The Labute approximate surface area is 201 Å². The third-order valence-corrected chi connectivity index (χ3v) is 7.17. The number of hydrogen-bond donors (Lipinski definition) is 5. The van der Waals surface area contributed by atoms with Crippen LogP contribution in [0.2, 0.25) is 0 Å². The van der Waals surface area contributed by atoms with E-state index in [1.807, 2.05) is 13.8 Å². The van der Waals surface area contributed by atoms with Crippen molar-refractivity contribution < 1.29 is 34.6 Å². The predicted molar refractivity (Wildman–Crippen MR) is 126 cm³/mol. The van der Waals surface area contributed by atoms with Crippen molar-refractivity contribution in [3.05, 3.63) is 27.2 Å². The molecule has 1 aliphatic carbocycles. The molecule has 1 aromatic rings.